The summed E-state index contributed by atoms with van der Waals surface area (Å²) in [6.45, 7) is 6.49. The van der Waals surface area contributed by atoms with Crippen LogP contribution in [0.5, 0.6) is 5.75 Å². The Kier molecular flexibility index (Phi) is 4.06. The van der Waals surface area contributed by atoms with E-state index >= 15 is 0 Å². The van der Waals surface area contributed by atoms with Gasteiger partial charge in [-0.25, -0.2) is 0 Å². The molecule has 1 heterocycles. The Bertz CT molecular complexity index is 367. The maximum absolute atomic E-state index is 10.3. The SMILES string of the molecule is CC(C)c1cccc(CC2CCCNC2)c1O. The molecule has 1 aliphatic heterocycles. The first kappa shape index (κ1) is 12.4. The van der Waals surface area contributed by atoms with Crippen LogP contribution in [0, 0.1) is 5.92 Å². The first-order chi connectivity index (χ1) is 8.18. The van der Waals surface area contributed by atoms with E-state index in [9.17, 15) is 5.11 Å². The van der Waals surface area contributed by atoms with Crippen molar-refractivity contribution in [2.75, 3.05) is 13.1 Å². The zero-order chi connectivity index (χ0) is 12.3. The molecule has 0 bridgehead atoms. The molecule has 1 aromatic carbocycles. The van der Waals surface area contributed by atoms with E-state index in [1.807, 2.05) is 6.07 Å². The van der Waals surface area contributed by atoms with Crippen LogP contribution in [-0.4, -0.2) is 18.2 Å². The number of benzene rings is 1. The van der Waals surface area contributed by atoms with Crippen LogP contribution in [0.25, 0.3) is 0 Å². The molecule has 0 amide bonds. The highest BCUT2D eigenvalue weighted by atomic mass is 16.3. The Morgan fingerprint density at radius 1 is 1.41 bits per heavy atom. The fraction of sp³-hybridized carbons (Fsp3) is 0.600. The molecule has 1 unspecified atom stereocenters. The van der Waals surface area contributed by atoms with Crippen LogP contribution in [0.2, 0.25) is 0 Å². The van der Waals surface area contributed by atoms with E-state index in [2.05, 4.69) is 31.3 Å². The van der Waals surface area contributed by atoms with Gasteiger partial charge in [0, 0.05) is 0 Å². The highest BCUT2D eigenvalue weighted by Crippen LogP contribution is 2.31. The Morgan fingerprint density at radius 2 is 2.24 bits per heavy atom. The summed E-state index contributed by atoms with van der Waals surface area (Å²) in [6.07, 6.45) is 3.53. The van der Waals surface area contributed by atoms with E-state index in [1.165, 1.54) is 12.8 Å². The van der Waals surface area contributed by atoms with Gasteiger partial charge in [-0.05, 0) is 55.3 Å². The van der Waals surface area contributed by atoms with E-state index in [0.29, 0.717) is 17.6 Å². The average molecular weight is 233 g/mol. The standard InChI is InChI=1S/C15H23NO/c1-11(2)14-7-3-6-13(15(14)17)9-12-5-4-8-16-10-12/h3,6-7,11-12,16-17H,4-5,8-10H2,1-2H3. The Labute approximate surface area is 104 Å². The minimum Gasteiger partial charge on any atom is -0.507 e. The average Bonchev–Trinajstić information content (AvgIpc) is 2.33. The molecule has 1 fully saturated rings. The lowest BCUT2D eigenvalue weighted by atomic mass is 9.90. The highest BCUT2D eigenvalue weighted by molar-refractivity contribution is 5.42. The maximum atomic E-state index is 10.3. The molecule has 1 aliphatic rings. The van der Waals surface area contributed by atoms with Gasteiger partial charge in [0.2, 0.25) is 0 Å². The van der Waals surface area contributed by atoms with Gasteiger partial charge in [-0.2, -0.15) is 0 Å². The highest BCUT2D eigenvalue weighted by Gasteiger charge is 2.17. The van der Waals surface area contributed by atoms with Crippen LogP contribution in [0.3, 0.4) is 0 Å². The summed E-state index contributed by atoms with van der Waals surface area (Å²) in [5.74, 6) is 1.59. The summed E-state index contributed by atoms with van der Waals surface area (Å²) in [5.41, 5.74) is 2.19. The molecule has 0 radical (unpaired) electrons. The van der Waals surface area contributed by atoms with Crippen molar-refractivity contribution in [1.82, 2.24) is 5.32 Å². The van der Waals surface area contributed by atoms with Crippen molar-refractivity contribution in [3.05, 3.63) is 29.3 Å². The van der Waals surface area contributed by atoms with E-state index in [0.717, 1.165) is 30.6 Å². The lowest BCUT2D eigenvalue weighted by Gasteiger charge is -2.23. The lowest BCUT2D eigenvalue weighted by Crippen LogP contribution is -2.30. The second-order valence-electron chi connectivity index (χ2n) is 5.43. The zero-order valence-corrected chi connectivity index (χ0v) is 10.9. The third-order valence-electron chi connectivity index (χ3n) is 3.68. The molecule has 1 atom stereocenters. The van der Waals surface area contributed by atoms with Crippen molar-refractivity contribution < 1.29 is 5.11 Å². The summed E-state index contributed by atoms with van der Waals surface area (Å²) >= 11 is 0. The second-order valence-corrected chi connectivity index (χ2v) is 5.43. The molecule has 2 N–H and O–H groups in total. The molecule has 2 heteroatoms. The minimum absolute atomic E-state index is 0.388. The predicted octanol–water partition coefficient (Wildman–Crippen LogP) is 3.06. The van der Waals surface area contributed by atoms with Crippen molar-refractivity contribution in [3.8, 4) is 5.75 Å². The zero-order valence-electron chi connectivity index (χ0n) is 10.9. The predicted molar refractivity (Wildman–Crippen MR) is 71.5 cm³/mol. The van der Waals surface area contributed by atoms with Crippen LogP contribution in [-0.2, 0) is 6.42 Å². The fourth-order valence-electron chi connectivity index (χ4n) is 2.65. The molecule has 1 aromatic rings. The molecular formula is C15H23NO. The summed E-state index contributed by atoms with van der Waals surface area (Å²) in [5, 5.41) is 13.7. The van der Waals surface area contributed by atoms with Crippen LogP contribution < -0.4 is 5.32 Å². The molecule has 0 spiro atoms. The molecule has 2 rings (SSSR count). The topological polar surface area (TPSA) is 32.3 Å². The lowest BCUT2D eigenvalue weighted by molar-refractivity contribution is 0.369. The molecule has 0 aromatic heterocycles. The van der Waals surface area contributed by atoms with E-state index in [-0.39, 0.29) is 0 Å². The van der Waals surface area contributed by atoms with Gasteiger partial charge in [-0.15, -0.1) is 0 Å². The largest absolute Gasteiger partial charge is 0.507 e. The van der Waals surface area contributed by atoms with Gasteiger partial charge in [0.05, 0.1) is 0 Å². The normalized spacial score (nSPS) is 20.8. The molecule has 17 heavy (non-hydrogen) atoms. The van der Waals surface area contributed by atoms with Gasteiger partial charge in [-0.3, -0.25) is 0 Å². The minimum atomic E-state index is 0.388. The third kappa shape index (κ3) is 3.01. The second kappa shape index (κ2) is 5.54. The van der Waals surface area contributed by atoms with Gasteiger partial charge < -0.3 is 10.4 Å². The first-order valence-corrected chi connectivity index (χ1v) is 6.70. The van der Waals surface area contributed by atoms with Gasteiger partial charge in [-0.1, -0.05) is 32.0 Å². The Hall–Kier alpha value is -1.02. The quantitative estimate of drug-likeness (QED) is 0.841. The van der Waals surface area contributed by atoms with Crippen LogP contribution in [0.1, 0.15) is 43.7 Å². The number of phenolic OH excluding ortho intramolecular Hbond substituents is 1. The van der Waals surface area contributed by atoms with Crippen molar-refractivity contribution in [1.29, 1.82) is 0 Å². The molecule has 2 nitrogen and oxygen atoms in total. The molecular weight excluding hydrogens is 210 g/mol. The number of piperidine rings is 1. The maximum Gasteiger partial charge on any atom is 0.122 e. The number of para-hydroxylation sites is 1. The smallest absolute Gasteiger partial charge is 0.122 e. The number of hydrogen-bond donors (Lipinski definition) is 2. The van der Waals surface area contributed by atoms with Gasteiger partial charge >= 0.3 is 0 Å². The van der Waals surface area contributed by atoms with Crippen LogP contribution in [0.4, 0.5) is 0 Å². The van der Waals surface area contributed by atoms with Crippen LogP contribution in [0.15, 0.2) is 18.2 Å². The summed E-state index contributed by atoms with van der Waals surface area (Å²) < 4.78 is 0. The monoisotopic (exact) mass is 233 g/mol. The van der Waals surface area contributed by atoms with E-state index in [1.54, 1.807) is 0 Å². The number of hydrogen-bond acceptors (Lipinski definition) is 2. The summed E-state index contributed by atoms with van der Waals surface area (Å²) in [4.78, 5) is 0. The number of nitrogens with one attached hydrogen (secondary N) is 1. The van der Waals surface area contributed by atoms with Crippen LogP contribution >= 0.6 is 0 Å². The number of aromatic hydroxyl groups is 1. The van der Waals surface area contributed by atoms with Gasteiger partial charge in [0.25, 0.3) is 0 Å². The molecule has 94 valence electrons. The van der Waals surface area contributed by atoms with Gasteiger partial charge in [0.15, 0.2) is 0 Å². The summed E-state index contributed by atoms with van der Waals surface area (Å²) in [6, 6.07) is 6.17. The molecule has 0 saturated carbocycles. The van der Waals surface area contributed by atoms with E-state index in [4.69, 9.17) is 0 Å². The summed E-state index contributed by atoms with van der Waals surface area (Å²) in [7, 11) is 0. The van der Waals surface area contributed by atoms with Crippen molar-refractivity contribution in [3.63, 3.8) is 0 Å². The molecule has 1 saturated heterocycles. The molecule has 0 aliphatic carbocycles. The van der Waals surface area contributed by atoms with Gasteiger partial charge in [0.1, 0.15) is 5.75 Å². The first-order valence-electron chi connectivity index (χ1n) is 6.70. The number of phenols is 1. The fourth-order valence-corrected chi connectivity index (χ4v) is 2.65. The third-order valence-corrected chi connectivity index (χ3v) is 3.68. The van der Waals surface area contributed by atoms with Crippen molar-refractivity contribution in [2.45, 2.75) is 39.0 Å². The number of rotatable bonds is 3. The van der Waals surface area contributed by atoms with Crippen molar-refractivity contribution >= 4 is 0 Å². The Balaban J connectivity index is 2.12. The van der Waals surface area contributed by atoms with E-state index < -0.39 is 0 Å². The van der Waals surface area contributed by atoms with Crippen molar-refractivity contribution in [2.24, 2.45) is 5.92 Å². The Morgan fingerprint density at radius 3 is 2.88 bits per heavy atom.